The molecule has 1 atom stereocenters. The maximum atomic E-state index is 5.61. The van der Waals surface area contributed by atoms with Crippen molar-refractivity contribution in [2.75, 3.05) is 37.4 Å². The summed E-state index contributed by atoms with van der Waals surface area (Å²) in [6, 6.07) is 6.23. The van der Waals surface area contributed by atoms with Crippen molar-refractivity contribution in [1.29, 1.82) is 0 Å². The number of rotatable bonds is 5. The minimum Gasteiger partial charge on any atom is -0.453 e. The highest BCUT2D eigenvalue weighted by Gasteiger charge is 2.21. The topological polar surface area (TPSA) is 57.4 Å². The highest BCUT2D eigenvalue weighted by Crippen LogP contribution is 2.20. The standard InChI is InChI=1S/C16H22BrN5O/c1-21(2)15-7-8-18-16(20-15)19-12-4-3-9-22(10-12)11-13-5-6-14(17)23-13/h5-8,12H,3-4,9-11H2,1-2H3,(H,18,19,20). The molecule has 6 nitrogen and oxygen atoms in total. The molecule has 0 saturated carbocycles. The van der Waals surface area contributed by atoms with Crippen molar-refractivity contribution in [3.8, 4) is 0 Å². The molecule has 1 saturated heterocycles. The molecule has 0 aromatic carbocycles. The maximum absolute atomic E-state index is 5.61. The molecule has 23 heavy (non-hydrogen) atoms. The van der Waals surface area contributed by atoms with Crippen LogP contribution in [0.4, 0.5) is 11.8 Å². The van der Waals surface area contributed by atoms with Crippen LogP contribution in [0.3, 0.4) is 0 Å². The predicted molar refractivity (Wildman–Crippen MR) is 94.7 cm³/mol. The molecule has 0 aliphatic carbocycles. The maximum Gasteiger partial charge on any atom is 0.224 e. The van der Waals surface area contributed by atoms with Crippen LogP contribution in [-0.2, 0) is 6.54 Å². The van der Waals surface area contributed by atoms with Gasteiger partial charge in [0.05, 0.1) is 6.54 Å². The van der Waals surface area contributed by atoms with E-state index in [0.717, 1.165) is 48.7 Å². The number of piperidine rings is 1. The van der Waals surface area contributed by atoms with E-state index in [1.807, 2.05) is 37.2 Å². The van der Waals surface area contributed by atoms with E-state index in [1.165, 1.54) is 0 Å². The zero-order valence-electron chi connectivity index (χ0n) is 13.5. The summed E-state index contributed by atoms with van der Waals surface area (Å²) in [4.78, 5) is 13.3. The lowest BCUT2D eigenvalue weighted by atomic mass is 10.1. The number of aromatic nitrogens is 2. The number of hydrogen-bond acceptors (Lipinski definition) is 6. The van der Waals surface area contributed by atoms with Crippen molar-refractivity contribution in [3.05, 3.63) is 34.8 Å². The third-order valence-corrected chi connectivity index (χ3v) is 4.37. The van der Waals surface area contributed by atoms with Crippen LogP contribution in [0.5, 0.6) is 0 Å². The fourth-order valence-corrected chi connectivity index (χ4v) is 3.16. The average molecular weight is 380 g/mol. The lowest BCUT2D eigenvalue weighted by Crippen LogP contribution is -2.41. The van der Waals surface area contributed by atoms with Crippen molar-refractivity contribution in [1.82, 2.24) is 14.9 Å². The molecule has 1 N–H and O–H groups in total. The first-order chi connectivity index (χ1) is 11.1. The number of halogens is 1. The van der Waals surface area contributed by atoms with E-state index in [1.54, 1.807) is 6.20 Å². The van der Waals surface area contributed by atoms with E-state index in [2.05, 4.69) is 36.1 Å². The normalized spacial score (nSPS) is 18.8. The van der Waals surface area contributed by atoms with Gasteiger partial charge in [0.2, 0.25) is 5.95 Å². The number of nitrogens with zero attached hydrogens (tertiary/aromatic N) is 4. The third-order valence-electron chi connectivity index (χ3n) is 3.95. The summed E-state index contributed by atoms with van der Waals surface area (Å²) in [5, 5.41) is 3.47. The lowest BCUT2D eigenvalue weighted by Gasteiger charge is -2.32. The summed E-state index contributed by atoms with van der Waals surface area (Å²) in [6.45, 7) is 2.89. The van der Waals surface area contributed by atoms with Gasteiger partial charge in [0.25, 0.3) is 0 Å². The molecule has 2 aromatic heterocycles. The smallest absolute Gasteiger partial charge is 0.224 e. The van der Waals surface area contributed by atoms with Crippen molar-refractivity contribution in [2.24, 2.45) is 0 Å². The molecule has 124 valence electrons. The number of anilines is 2. The highest BCUT2D eigenvalue weighted by molar-refractivity contribution is 9.10. The summed E-state index contributed by atoms with van der Waals surface area (Å²) < 4.78 is 6.39. The minimum atomic E-state index is 0.361. The Labute approximate surface area is 145 Å². The summed E-state index contributed by atoms with van der Waals surface area (Å²) >= 11 is 3.35. The Hall–Kier alpha value is -1.60. The molecular weight excluding hydrogens is 358 g/mol. The first kappa shape index (κ1) is 16.3. The van der Waals surface area contributed by atoms with E-state index in [-0.39, 0.29) is 0 Å². The van der Waals surface area contributed by atoms with Crippen molar-refractivity contribution >= 4 is 27.7 Å². The summed E-state index contributed by atoms with van der Waals surface area (Å²) in [6.07, 6.45) is 4.09. The Morgan fingerprint density at radius 1 is 1.39 bits per heavy atom. The molecule has 3 heterocycles. The van der Waals surface area contributed by atoms with Crippen molar-refractivity contribution < 1.29 is 4.42 Å². The van der Waals surface area contributed by atoms with Crippen LogP contribution in [0.25, 0.3) is 0 Å². The molecule has 1 unspecified atom stereocenters. The Bertz CT molecular complexity index is 645. The van der Waals surface area contributed by atoms with Crippen LogP contribution in [0.15, 0.2) is 33.5 Å². The number of hydrogen-bond donors (Lipinski definition) is 1. The number of likely N-dealkylation sites (tertiary alicyclic amines) is 1. The van der Waals surface area contributed by atoms with Crippen LogP contribution in [-0.4, -0.2) is 48.1 Å². The van der Waals surface area contributed by atoms with E-state index in [9.17, 15) is 0 Å². The Morgan fingerprint density at radius 3 is 3.00 bits per heavy atom. The predicted octanol–water partition coefficient (Wildman–Crippen LogP) is 2.97. The zero-order chi connectivity index (χ0) is 16.2. The molecule has 1 fully saturated rings. The Morgan fingerprint density at radius 2 is 2.26 bits per heavy atom. The highest BCUT2D eigenvalue weighted by atomic mass is 79.9. The third kappa shape index (κ3) is 4.45. The quantitative estimate of drug-likeness (QED) is 0.861. The van der Waals surface area contributed by atoms with Gasteiger partial charge in [-0.1, -0.05) is 0 Å². The van der Waals surface area contributed by atoms with E-state index in [4.69, 9.17) is 4.42 Å². The molecule has 0 amide bonds. The van der Waals surface area contributed by atoms with Crippen LogP contribution >= 0.6 is 15.9 Å². The molecule has 1 aliphatic rings. The summed E-state index contributed by atoms with van der Waals surface area (Å²) in [5.41, 5.74) is 0. The Balaban J connectivity index is 1.59. The zero-order valence-corrected chi connectivity index (χ0v) is 15.1. The van der Waals surface area contributed by atoms with E-state index in [0.29, 0.717) is 12.0 Å². The molecule has 0 bridgehead atoms. The molecule has 3 rings (SSSR count). The second-order valence-electron chi connectivity index (χ2n) is 6.06. The SMILES string of the molecule is CN(C)c1ccnc(NC2CCCN(Cc3ccc(Br)o3)C2)n1. The van der Waals surface area contributed by atoms with Crippen LogP contribution in [0, 0.1) is 0 Å². The second kappa shape index (κ2) is 7.31. The molecule has 0 radical (unpaired) electrons. The number of nitrogens with one attached hydrogen (secondary N) is 1. The van der Waals surface area contributed by atoms with Gasteiger partial charge in [-0.25, -0.2) is 4.98 Å². The lowest BCUT2D eigenvalue weighted by molar-refractivity contribution is 0.193. The van der Waals surface area contributed by atoms with Gasteiger partial charge in [0.1, 0.15) is 11.6 Å². The van der Waals surface area contributed by atoms with E-state index >= 15 is 0 Å². The van der Waals surface area contributed by atoms with Crippen molar-refractivity contribution in [3.63, 3.8) is 0 Å². The monoisotopic (exact) mass is 379 g/mol. The molecular formula is C16H22BrN5O. The van der Waals surface area contributed by atoms with Crippen LogP contribution in [0.1, 0.15) is 18.6 Å². The molecule has 0 spiro atoms. The van der Waals surface area contributed by atoms with Gasteiger partial charge in [0, 0.05) is 32.9 Å². The molecule has 1 aliphatic heterocycles. The first-order valence-corrected chi connectivity index (χ1v) is 8.63. The van der Waals surface area contributed by atoms with Gasteiger partial charge >= 0.3 is 0 Å². The van der Waals surface area contributed by atoms with Gasteiger partial charge < -0.3 is 14.6 Å². The van der Waals surface area contributed by atoms with Gasteiger partial charge in [-0.05, 0) is 53.5 Å². The van der Waals surface area contributed by atoms with Gasteiger partial charge in [-0.15, -0.1) is 0 Å². The summed E-state index contributed by atoms with van der Waals surface area (Å²) in [7, 11) is 3.96. The van der Waals surface area contributed by atoms with Gasteiger partial charge in [-0.3, -0.25) is 4.90 Å². The largest absolute Gasteiger partial charge is 0.453 e. The van der Waals surface area contributed by atoms with Crippen LogP contribution in [0.2, 0.25) is 0 Å². The molecule has 7 heteroatoms. The fourth-order valence-electron chi connectivity index (χ4n) is 2.82. The van der Waals surface area contributed by atoms with E-state index < -0.39 is 0 Å². The summed E-state index contributed by atoms with van der Waals surface area (Å²) in [5.74, 6) is 2.60. The second-order valence-corrected chi connectivity index (χ2v) is 6.84. The van der Waals surface area contributed by atoms with Gasteiger partial charge in [-0.2, -0.15) is 4.98 Å². The Kier molecular flexibility index (Phi) is 5.17. The fraction of sp³-hybridized carbons (Fsp3) is 0.500. The first-order valence-electron chi connectivity index (χ1n) is 7.83. The number of furan rings is 1. The minimum absolute atomic E-state index is 0.361. The van der Waals surface area contributed by atoms with Gasteiger partial charge in [0.15, 0.2) is 4.67 Å². The van der Waals surface area contributed by atoms with Crippen LogP contribution < -0.4 is 10.2 Å². The average Bonchev–Trinajstić information content (AvgIpc) is 2.93. The molecule has 2 aromatic rings. The van der Waals surface area contributed by atoms with Crippen molar-refractivity contribution in [2.45, 2.75) is 25.4 Å².